The molecule has 0 amide bonds. The number of hydrogen-bond donors (Lipinski definition) is 1. The van der Waals surface area contributed by atoms with E-state index in [1.54, 1.807) is 11.4 Å². The number of nitrogens with two attached hydrogens (primary N) is 1. The molecule has 0 aromatic rings. The fourth-order valence-corrected chi connectivity index (χ4v) is 4.27. The molecule has 2 N–H and O–H groups in total. The summed E-state index contributed by atoms with van der Waals surface area (Å²) in [6.07, 6.45) is 2.84. The van der Waals surface area contributed by atoms with E-state index in [2.05, 4.69) is 0 Å². The maximum absolute atomic E-state index is 12.5. The monoisotopic (exact) mass is 263 g/mol. The molecule has 2 unspecified atom stereocenters. The molecule has 0 aliphatic carbocycles. The van der Waals surface area contributed by atoms with Crippen molar-refractivity contribution in [3.8, 4) is 0 Å². The number of hydrogen-bond acceptors (Lipinski definition) is 3. The molecule has 0 aromatic heterocycles. The molecule has 0 aromatic carbocycles. The Balaban J connectivity index is 3.01. The van der Waals surface area contributed by atoms with Gasteiger partial charge in [0.2, 0.25) is 0 Å². The van der Waals surface area contributed by atoms with Crippen molar-refractivity contribution in [2.45, 2.75) is 58.2 Å². The van der Waals surface area contributed by atoms with Gasteiger partial charge < -0.3 is 5.73 Å². The smallest absolute Gasteiger partial charge is 0.282 e. The van der Waals surface area contributed by atoms with Crippen molar-refractivity contribution >= 4 is 10.2 Å². The second kappa shape index (κ2) is 5.65. The maximum atomic E-state index is 12.5. The third kappa shape index (κ3) is 2.99. The average molecular weight is 263 g/mol. The van der Waals surface area contributed by atoms with Crippen molar-refractivity contribution in [3.05, 3.63) is 0 Å². The van der Waals surface area contributed by atoms with Gasteiger partial charge in [-0.2, -0.15) is 17.0 Å². The molecule has 1 saturated heterocycles. The molecule has 1 fully saturated rings. The lowest BCUT2D eigenvalue weighted by Crippen LogP contribution is -2.56. The second-order valence-electron chi connectivity index (χ2n) is 5.12. The third-order valence-electron chi connectivity index (χ3n) is 3.58. The first-order chi connectivity index (χ1) is 7.82. The Morgan fingerprint density at radius 2 is 2.00 bits per heavy atom. The van der Waals surface area contributed by atoms with Crippen LogP contribution >= 0.6 is 0 Å². The highest BCUT2D eigenvalue weighted by atomic mass is 32.2. The standard InChI is InChI=1S/C11H25N3O2S/c1-9(2)13(4)17(15,16)14-10(3)6-5-7-11(14)8-12/h9-11H,5-8,12H2,1-4H3. The molecule has 102 valence electrons. The molecule has 0 saturated carbocycles. The summed E-state index contributed by atoms with van der Waals surface area (Å²) < 4.78 is 28.0. The highest BCUT2D eigenvalue weighted by Crippen LogP contribution is 2.27. The fourth-order valence-electron chi connectivity index (χ4n) is 2.32. The van der Waals surface area contributed by atoms with E-state index >= 15 is 0 Å². The van der Waals surface area contributed by atoms with Crippen LogP contribution in [-0.2, 0) is 10.2 Å². The Kier molecular flexibility index (Phi) is 4.95. The van der Waals surface area contributed by atoms with E-state index in [-0.39, 0.29) is 18.1 Å². The normalized spacial score (nSPS) is 27.9. The highest BCUT2D eigenvalue weighted by Gasteiger charge is 2.39. The van der Waals surface area contributed by atoms with E-state index in [1.165, 1.54) is 4.31 Å². The van der Waals surface area contributed by atoms with Crippen molar-refractivity contribution in [3.63, 3.8) is 0 Å². The van der Waals surface area contributed by atoms with Crippen molar-refractivity contribution < 1.29 is 8.42 Å². The van der Waals surface area contributed by atoms with Crippen molar-refractivity contribution in [2.75, 3.05) is 13.6 Å². The van der Waals surface area contributed by atoms with E-state index in [4.69, 9.17) is 5.73 Å². The number of rotatable bonds is 4. The van der Waals surface area contributed by atoms with Gasteiger partial charge in [-0.15, -0.1) is 0 Å². The summed E-state index contributed by atoms with van der Waals surface area (Å²) in [5.41, 5.74) is 5.70. The topological polar surface area (TPSA) is 66.6 Å². The Morgan fingerprint density at radius 3 is 2.47 bits per heavy atom. The van der Waals surface area contributed by atoms with Crippen LogP contribution in [0, 0.1) is 0 Å². The second-order valence-corrected chi connectivity index (χ2v) is 7.01. The highest BCUT2D eigenvalue weighted by molar-refractivity contribution is 7.86. The minimum Gasteiger partial charge on any atom is -0.329 e. The zero-order chi connectivity index (χ0) is 13.2. The van der Waals surface area contributed by atoms with Gasteiger partial charge in [0.15, 0.2) is 0 Å². The summed E-state index contributed by atoms with van der Waals surface area (Å²) in [7, 11) is -1.75. The van der Waals surface area contributed by atoms with E-state index in [0.717, 1.165) is 19.3 Å². The predicted octanol–water partition coefficient (Wildman–Crippen LogP) is 0.773. The predicted molar refractivity (Wildman–Crippen MR) is 69.8 cm³/mol. The Morgan fingerprint density at radius 1 is 1.41 bits per heavy atom. The summed E-state index contributed by atoms with van der Waals surface area (Å²) in [6, 6.07) is -0.0407. The Bertz CT molecular complexity index is 343. The first-order valence-electron chi connectivity index (χ1n) is 6.29. The van der Waals surface area contributed by atoms with Crippen LogP contribution in [0.3, 0.4) is 0 Å². The van der Waals surface area contributed by atoms with Crippen LogP contribution in [0.1, 0.15) is 40.0 Å². The molecule has 17 heavy (non-hydrogen) atoms. The summed E-state index contributed by atoms with van der Waals surface area (Å²) in [4.78, 5) is 0. The zero-order valence-corrected chi connectivity index (χ0v) is 12.1. The van der Waals surface area contributed by atoms with Gasteiger partial charge in [-0.1, -0.05) is 6.42 Å². The molecule has 6 heteroatoms. The first kappa shape index (κ1) is 14.9. The van der Waals surface area contributed by atoms with Gasteiger partial charge in [0, 0.05) is 31.7 Å². The van der Waals surface area contributed by atoms with Gasteiger partial charge in [-0.25, -0.2) is 0 Å². The maximum Gasteiger partial charge on any atom is 0.282 e. The largest absolute Gasteiger partial charge is 0.329 e. The third-order valence-corrected chi connectivity index (χ3v) is 5.92. The molecule has 1 aliphatic heterocycles. The van der Waals surface area contributed by atoms with Crippen molar-refractivity contribution in [2.24, 2.45) is 5.73 Å². The molecule has 0 bridgehead atoms. The molecule has 1 heterocycles. The zero-order valence-electron chi connectivity index (χ0n) is 11.3. The molecule has 0 spiro atoms. The Labute approximate surface area is 105 Å². The molecular formula is C11H25N3O2S. The van der Waals surface area contributed by atoms with E-state index in [9.17, 15) is 8.42 Å². The van der Waals surface area contributed by atoms with Crippen LogP contribution in [0.15, 0.2) is 0 Å². The average Bonchev–Trinajstić information content (AvgIpc) is 2.26. The van der Waals surface area contributed by atoms with Crippen LogP contribution in [0.4, 0.5) is 0 Å². The molecule has 5 nitrogen and oxygen atoms in total. The first-order valence-corrected chi connectivity index (χ1v) is 7.68. The quantitative estimate of drug-likeness (QED) is 0.815. The molecular weight excluding hydrogens is 238 g/mol. The van der Waals surface area contributed by atoms with Gasteiger partial charge in [0.1, 0.15) is 0 Å². The summed E-state index contributed by atoms with van der Waals surface area (Å²) in [6.45, 7) is 6.12. The SMILES string of the molecule is CC(C)N(C)S(=O)(=O)N1C(C)CCCC1CN. The van der Waals surface area contributed by atoms with Gasteiger partial charge in [-0.05, 0) is 33.6 Å². The van der Waals surface area contributed by atoms with E-state index < -0.39 is 10.2 Å². The minimum atomic E-state index is -3.39. The van der Waals surface area contributed by atoms with Crippen molar-refractivity contribution in [1.82, 2.24) is 8.61 Å². The van der Waals surface area contributed by atoms with Crippen molar-refractivity contribution in [1.29, 1.82) is 0 Å². The Hall–Kier alpha value is -0.170. The summed E-state index contributed by atoms with van der Waals surface area (Å²) >= 11 is 0. The van der Waals surface area contributed by atoms with Crippen LogP contribution in [-0.4, -0.2) is 48.7 Å². The molecule has 1 aliphatic rings. The molecule has 1 rings (SSSR count). The van der Waals surface area contributed by atoms with Gasteiger partial charge in [-0.3, -0.25) is 0 Å². The van der Waals surface area contributed by atoms with Crippen LogP contribution in [0.2, 0.25) is 0 Å². The van der Waals surface area contributed by atoms with Crippen LogP contribution in [0.5, 0.6) is 0 Å². The van der Waals surface area contributed by atoms with E-state index in [1.807, 2.05) is 20.8 Å². The van der Waals surface area contributed by atoms with Gasteiger partial charge >= 0.3 is 0 Å². The van der Waals surface area contributed by atoms with Crippen LogP contribution < -0.4 is 5.73 Å². The summed E-state index contributed by atoms with van der Waals surface area (Å²) in [5, 5.41) is 0. The number of nitrogens with zero attached hydrogens (tertiary/aromatic N) is 2. The minimum absolute atomic E-state index is 0.0347. The lowest BCUT2D eigenvalue weighted by Gasteiger charge is -2.41. The number of piperidine rings is 1. The van der Waals surface area contributed by atoms with Gasteiger partial charge in [0.25, 0.3) is 10.2 Å². The molecule has 2 atom stereocenters. The molecule has 0 radical (unpaired) electrons. The van der Waals surface area contributed by atoms with E-state index in [0.29, 0.717) is 6.54 Å². The van der Waals surface area contributed by atoms with Crippen LogP contribution in [0.25, 0.3) is 0 Å². The summed E-state index contributed by atoms with van der Waals surface area (Å²) in [5.74, 6) is 0. The van der Waals surface area contributed by atoms with Gasteiger partial charge in [0.05, 0.1) is 0 Å². The lowest BCUT2D eigenvalue weighted by atomic mass is 10.00. The fraction of sp³-hybridized carbons (Fsp3) is 1.00. The lowest BCUT2D eigenvalue weighted by molar-refractivity contribution is 0.180.